The van der Waals surface area contributed by atoms with Crippen molar-refractivity contribution in [1.29, 1.82) is 0 Å². The van der Waals surface area contributed by atoms with Gasteiger partial charge in [-0.3, -0.25) is 8.98 Å². The lowest BCUT2D eigenvalue weighted by molar-refractivity contribution is -0.145. The lowest BCUT2D eigenvalue weighted by Crippen LogP contribution is -2.41. The Balaban J connectivity index is 1.82. The molecule has 1 aliphatic rings. The van der Waals surface area contributed by atoms with Crippen molar-refractivity contribution in [1.82, 2.24) is 0 Å². The van der Waals surface area contributed by atoms with E-state index in [1.807, 2.05) is 6.92 Å². The van der Waals surface area contributed by atoms with Gasteiger partial charge in [0.1, 0.15) is 30.4 Å². The standard InChI is InChI=1S/C20H21FO6S/c1-13-3-7-17(8-4-13)28(23,24)27-20(12-25-14(2)22)19-9-5-15-11-16(21)6-10-18(15)26-19/h3-4,6-8,10-11,19-20H,5,9,12H2,1-2H3/t19?,20-/m0/s1. The minimum absolute atomic E-state index is 0.00389. The van der Waals surface area contributed by atoms with E-state index in [1.54, 1.807) is 12.1 Å². The summed E-state index contributed by atoms with van der Waals surface area (Å²) in [5.41, 5.74) is 1.61. The summed E-state index contributed by atoms with van der Waals surface area (Å²) in [6.07, 6.45) is -0.820. The molecule has 1 unspecified atom stereocenters. The highest BCUT2D eigenvalue weighted by Gasteiger charge is 2.34. The van der Waals surface area contributed by atoms with Crippen LogP contribution in [-0.4, -0.2) is 33.2 Å². The topological polar surface area (TPSA) is 78.9 Å². The summed E-state index contributed by atoms with van der Waals surface area (Å²) in [5.74, 6) is -0.461. The first-order valence-electron chi connectivity index (χ1n) is 8.83. The summed E-state index contributed by atoms with van der Waals surface area (Å²) in [6.45, 7) is 2.80. The van der Waals surface area contributed by atoms with Crippen molar-refractivity contribution in [3.63, 3.8) is 0 Å². The second-order valence-corrected chi connectivity index (χ2v) is 8.22. The van der Waals surface area contributed by atoms with Crippen LogP contribution in [0.1, 0.15) is 24.5 Å². The number of aryl methyl sites for hydroxylation is 2. The second kappa shape index (κ2) is 8.28. The number of esters is 1. The van der Waals surface area contributed by atoms with E-state index < -0.39 is 28.3 Å². The van der Waals surface area contributed by atoms with E-state index in [0.29, 0.717) is 24.2 Å². The number of benzene rings is 2. The number of carbonyl (C=O) groups excluding carboxylic acids is 1. The van der Waals surface area contributed by atoms with Gasteiger partial charge in [0.25, 0.3) is 10.1 Å². The predicted octanol–water partition coefficient (Wildman–Crippen LogP) is 3.16. The molecule has 150 valence electrons. The first-order chi connectivity index (χ1) is 13.2. The molecule has 0 saturated heterocycles. The van der Waals surface area contributed by atoms with E-state index in [0.717, 1.165) is 5.56 Å². The van der Waals surface area contributed by atoms with Gasteiger partial charge in [-0.05, 0) is 55.7 Å². The largest absolute Gasteiger partial charge is 0.487 e. The van der Waals surface area contributed by atoms with Crippen molar-refractivity contribution in [2.75, 3.05) is 6.61 Å². The SMILES string of the molecule is CC(=O)OC[C@H](OS(=O)(=O)c1ccc(C)cc1)C1CCc2cc(F)ccc2O1. The van der Waals surface area contributed by atoms with Gasteiger partial charge in [0.05, 0.1) is 4.90 Å². The summed E-state index contributed by atoms with van der Waals surface area (Å²) >= 11 is 0. The molecular formula is C20H21FO6S. The monoisotopic (exact) mass is 408 g/mol. The molecule has 2 atom stereocenters. The van der Waals surface area contributed by atoms with Crippen molar-refractivity contribution < 1.29 is 31.3 Å². The number of rotatable bonds is 6. The Morgan fingerprint density at radius 1 is 1.25 bits per heavy atom. The summed E-state index contributed by atoms with van der Waals surface area (Å²) < 4.78 is 54.9. The van der Waals surface area contributed by atoms with Gasteiger partial charge in [0.15, 0.2) is 0 Å². The molecule has 28 heavy (non-hydrogen) atoms. The van der Waals surface area contributed by atoms with Crippen molar-refractivity contribution >= 4 is 16.1 Å². The molecule has 0 radical (unpaired) electrons. The molecule has 8 heteroatoms. The third kappa shape index (κ3) is 4.88. The molecule has 0 aromatic heterocycles. The number of hydrogen-bond acceptors (Lipinski definition) is 6. The van der Waals surface area contributed by atoms with Crippen LogP contribution in [0.25, 0.3) is 0 Å². The summed E-state index contributed by atoms with van der Waals surface area (Å²) in [6, 6.07) is 10.4. The zero-order chi connectivity index (χ0) is 20.3. The van der Waals surface area contributed by atoms with Gasteiger partial charge in [-0.1, -0.05) is 17.7 Å². The summed E-state index contributed by atoms with van der Waals surface area (Å²) in [4.78, 5) is 11.2. The molecule has 0 fully saturated rings. The van der Waals surface area contributed by atoms with Crippen LogP contribution in [0.2, 0.25) is 0 Å². The summed E-state index contributed by atoms with van der Waals surface area (Å²) in [7, 11) is -4.09. The fourth-order valence-corrected chi connectivity index (χ4v) is 4.05. The minimum atomic E-state index is -4.09. The van der Waals surface area contributed by atoms with Crippen LogP contribution in [0.5, 0.6) is 5.75 Å². The van der Waals surface area contributed by atoms with Gasteiger partial charge >= 0.3 is 5.97 Å². The normalized spacial score (nSPS) is 17.3. The van der Waals surface area contributed by atoms with Crippen LogP contribution in [0, 0.1) is 12.7 Å². The highest BCUT2D eigenvalue weighted by Crippen LogP contribution is 2.31. The van der Waals surface area contributed by atoms with Crippen LogP contribution in [-0.2, 0) is 30.3 Å². The van der Waals surface area contributed by atoms with Crippen LogP contribution in [0.4, 0.5) is 4.39 Å². The highest BCUT2D eigenvalue weighted by molar-refractivity contribution is 7.86. The molecule has 0 saturated carbocycles. The first-order valence-corrected chi connectivity index (χ1v) is 10.2. The Bertz CT molecular complexity index is 955. The highest BCUT2D eigenvalue weighted by atomic mass is 32.2. The van der Waals surface area contributed by atoms with Gasteiger partial charge in [-0.25, -0.2) is 4.39 Å². The third-order valence-corrected chi connectivity index (χ3v) is 5.77. The Kier molecular flexibility index (Phi) is 6.00. The quantitative estimate of drug-likeness (QED) is 0.540. The molecule has 2 aromatic rings. The average molecular weight is 408 g/mol. The minimum Gasteiger partial charge on any atom is -0.487 e. The molecule has 6 nitrogen and oxygen atoms in total. The predicted molar refractivity (Wildman–Crippen MR) is 99.0 cm³/mol. The molecule has 0 N–H and O–H groups in total. The molecule has 0 spiro atoms. The van der Waals surface area contributed by atoms with Crippen LogP contribution < -0.4 is 4.74 Å². The molecule has 3 rings (SSSR count). The Hall–Kier alpha value is -2.45. The van der Waals surface area contributed by atoms with E-state index in [-0.39, 0.29) is 17.3 Å². The fraction of sp³-hybridized carbons (Fsp3) is 0.350. The van der Waals surface area contributed by atoms with Crippen molar-refractivity contribution in [3.05, 3.63) is 59.4 Å². The Labute approximate surface area is 163 Å². The third-order valence-electron chi connectivity index (χ3n) is 4.42. The lowest BCUT2D eigenvalue weighted by Gasteiger charge is -2.31. The van der Waals surface area contributed by atoms with Gasteiger partial charge in [0, 0.05) is 6.92 Å². The number of halogens is 1. The van der Waals surface area contributed by atoms with E-state index in [9.17, 15) is 17.6 Å². The van der Waals surface area contributed by atoms with E-state index in [2.05, 4.69) is 0 Å². The number of hydrogen-bond donors (Lipinski definition) is 0. The second-order valence-electron chi connectivity index (χ2n) is 6.65. The van der Waals surface area contributed by atoms with E-state index in [4.69, 9.17) is 13.7 Å². The van der Waals surface area contributed by atoms with Gasteiger partial charge < -0.3 is 9.47 Å². The van der Waals surface area contributed by atoms with Gasteiger partial charge in [-0.2, -0.15) is 8.42 Å². The maximum atomic E-state index is 13.4. The molecule has 0 aliphatic carbocycles. The maximum Gasteiger partial charge on any atom is 0.302 e. The van der Waals surface area contributed by atoms with Crippen molar-refractivity contribution in [3.8, 4) is 5.75 Å². The summed E-state index contributed by atoms with van der Waals surface area (Å²) in [5, 5.41) is 0. The first kappa shape index (κ1) is 20.3. The van der Waals surface area contributed by atoms with Crippen molar-refractivity contribution in [2.24, 2.45) is 0 Å². The van der Waals surface area contributed by atoms with E-state index in [1.165, 1.54) is 37.3 Å². The lowest BCUT2D eigenvalue weighted by atomic mass is 9.99. The molecule has 0 bridgehead atoms. The van der Waals surface area contributed by atoms with Gasteiger partial charge in [-0.15, -0.1) is 0 Å². The number of fused-ring (bicyclic) bond motifs is 1. The maximum absolute atomic E-state index is 13.4. The molecule has 2 aromatic carbocycles. The zero-order valence-corrected chi connectivity index (χ0v) is 16.4. The average Bonchev–Trinajstić information content (AvgIpc) is 2.65. The Morgan fingerprint density at radius 2 is 1.96 bits per heavy atom. The van der Waals surface area contributed by atoms with E-state index >= 15 is 0 Å². The Morgan fingerprint density at radius 3 is 2.64 bits per heavy atom. The smallest absolute Gasteiger partial charge is 0.302 e. The van der Waals surface area contributed by atoms with Crippen molar-refractivity contribution in [2.45, 2.75) is 43.8 Å². The molecular weight excluding hydrogens is 387 g/mol. The fourth-order valence-electron chi connectivity index (χ4n) is 2.96. The molecule has 1 heterocycles. The molecule has 1 aliphatic heterocycles. The van der Waals surface area contributed by atoms with Crippen LogP contribution in [0.3, 0.4) is 0 Å². The van der Waals surface area contributed by atoms with Crippen LogP contribution >= 0.6 is 0 Å². The number of ether oxygens (including phenoxy) is 2. The van der Waals surface area contributed by atoms with Gasteiger partial charge in [0.2, 0.25) is 0 Å². The molecule has 0 amide bonds. The van der Waals surface area contributed by atoms with Crippen LogP contribution in [0.15, 0.2) is 47.4 Å². The zero-order valence-electron chi connectivity index (χ0n) is 15.6. The number of carbonyl (C=O) groups is 1.